The van der Waals surface area contributed by atoms with E-state index in [2.05, 4.69) is 33.9 Å². The van der Waals surface area contributed by atoms with E-state index in [9.17, 15) is 4.79 Å². The van der Waals surface area contributed by atoms with Crippen molar-refractivity contribution >= 4 is 6.03 Å². The van der Waals surface area contributed by atoms with Crippen LogP contribution in [0.4, 0.5) is 4.79 Å². The third-order valence-electron chi connectivity index (χ3n) is 4.26. The Bertz CT molecular complexity index is 490. The van der Waals surface area contributed by atoms with Gasteiger partial charge in [-0.3, -0.25) is 0 Å². The predicted molar refractivity (Wildman–Crippen MR) is 75.3 cm³/mol. The summed E-state index contributed by atoms with van der Waals surface area (Å²) < 4.78 is 2.18. The number of aryl methyl sites for hydroxylation is 1. The molecule has 6 nitrogen and oxygen atoms in total. The molecule has 1 aromatic rings. The first-order valence-corrected chi connectivity index (χ1v) is 7.64. The number of carbonyl (C=O) groups excluding carboxylic acids is 1. The third kappa shape index (κ3) is 2.39. The largest absolute Gasteiger partial charge is 0.328 e. The van der Waals surface area contributed by atoms with Gasteiger partial charge >= 0.3 is 6.03 Å². The molecule has 1 atom stereocenters. The summed E-state index contributed by atoms with van der Waals surface area (Å²) in [6.45, 7) is 6.95. The Morgan fingerprint density at radius 2 is 1.90 bits per heavy atom. The van der Waals surface area contributed by atoms with Crippen molar-refractivity contribution in [2.24, 2.45) is 5.92 Å². The van der Waals surface area contributed by atoms with Crippen molar-refractivity contribution in [3.63, 3.8) is 0 Å². The number of nitrogens with one attached hydrogen (secondary N) is 1. The Balaban J connectivity index is 1.76. The monoisotopic (exact) mass is 277 g/mol. The molecular weight excluding hydrogens is 254 g/mol. The van der Waals surface area contributed by atoms with Crippen LogP contribution in [-0.2, 0) is 13.0 Å². The summed E-state index contributed by atoms with van der Waals surface area (Å²) in [6, 6.07) is -0.0148. The summed E-state index contributed by atoms with van der Waals surface area (Å²) in [5.74, 6) is 2.27. The number of urea groups is 1. The maximum Gasteiger partial charge on any atom is 0.317 e. The van der Waals surface area contributed by atoms with E-state index in [0.717, 1.165) is 57.0 Å². The molecule has 1 N–H and O–H groups in total. The molecule has 0 bridgehead atoms. The van der Waals surface area contributed by atoms with Crippen LogP contribution in [0, 0.1) is 5.92 Å². The van der Waals surface area contributed by atoms with Crippen molar-refractivity contribution in [1.82, 2.24) is 25.0 Å². The van der Waals surface area contributed by atoms with Gasteiger partial charge in [0.05, 0.1) is 6.04 Å². The van der Waals surface area contributed by atoms with Crippen LogP contribution in [-0.4, -0.2) is 38.8 Å². The van der Waals surface area contributed by atoms with Gasteiger partial charge in [-0.2, -0.15) is 0 Å². The molecule has 2 aliphatic heterocycles. The summed E-state index contributed by atoms with van der Waals surface area (Å²) in [5, 5.41) is 11.7. The molecule has 110 valence electrons. The lowest BCUT2D eigenvalue weighted by Crippen LogP contribution is -2.42. The van der Waals surface area contributed by atoms with Crippen molar-refractivity contribution in [3.05, 3.63) is 11.6 Å². The topological polar surface area (TPSA) is 63.1 Å². The molecule has 0 aromatic carbocycles. The molecule has 6 heteroatoms. The molecule has 2 amide bonds. The van der Waals surface area contributed by atoms with Gasteiger partial charge in [0.1, 0.15) is 5.82 Å². The molecule has 0 radical (unpaired) electrons. The van der Waals surface area contributed by atoms with E-state index in [0.29, 0.717) is 5.92 Å². The maximum absolute atomic E-state index is 12.3. The molecule has 3 rings (SSSR count). The first kappa shape index (κ1) is 13.4. The Hall–Kier alpha value is -1.59. The van der Waals surface area contributed by atoms with Crippen molar-refractivity contribution in [2.45, 2.75) is 52.1 Å². The minimum Gasteiger partial charge on any atom is -0.328 e. The molecule has 3 heterocycles. The Labute approximate surface area is 119 Å². The molecule has 1 unspecified atom stereocenters. The summed E-state index contributed by atoms with van der Waals surface area (Å²) in [5.41, 5.74) is 0. The van der Waals surface area contributed by atoms with Crippen LogP contribution in [0.5, 0.6) is 0 Å². The van der Waals surface area contributed by atoms with Crippen molar-refractivity contribution in [2.75, 3.05) is 13.1 Å². The van der Waals surface area contributed by atoms with Gasteiger partial charge in [0, 0.05) is 26.1 Å². The van der Waals surface area contributed by atoms with E-state index in [-0.39, 0.29) is 12.1 Å². The van der Waals surface area contributed by atoms with Crippen LogP contribution in [0.1, 0.15) is 50.8 Å². The second kappa shape index (κ2) is 5.42. The summed E-state index contributed by atoms with van der Waals surface area (Å²) in [7, 11) is 0. The highest BCUT2D eigenvalue weighted by atomic mass is 16.2. The minimum absolute atomic E-state index is 0.0385. The number of fused-ring (bicyclic) bond motifs is 1. The summed E-state index contributed by atoms with van der Waals surface area (Å²) in [4.78, 5) is 14.2. The molecule has 2 aliphatic rings. The van der Waals surface area contributed by atoms with E-state index in [4.69, 9.17) is 0 Å². The van der Waals surface area contributed by atoms with Gasteiger partial charge in [0.15, 0.2) is 5.82 Å². The van der Waals surface area contributed by atoms with Gasteiger partial charge in [-0.15, -0.1) is 10.2 Å². The van der Waals surface area contributed by atoms with E-state index < -0.39 is 0 Å². The lowest BCUT2D eigenvalue weighted by molar-refractivity contribution is 0.199. The van der Waals surface area contributed by atoms with E-state index in [1.807, 2.05) is 4.90 Å². The van der Waals surface area contributed by atoms with Gasteiger partial charge in [0.25, 0.3) is 0 Å². The number of amides is 2. The Morgan fingerprint density at radius 3 is 2.60 bits per heavy atom. The fourth-order valence-corrected chi connectivity index (χ4v) is 3.08. The van der Waals surface area contributed by atoms with Gasteiger partial charge in [-0.1, -0.05) is 13.8 Å². The van der Waals surface area contributed by atoms with Crippen LogP contribution in [0.2, 0.25) is 0 Å². The first-order chi connectivity index (χ1) is 9.66. The lowest BCUT2D eigenvalue weighted by Gasteiger charge is -2.25. The first-order valence-electron chi connectivity index (χ1n) is 7.64. The number of nitrogens with zero attached hydrogens (tertiary/aromatic N) is 4. The Kier molecular flexibility index (Phi) is 3.63. The SMILES string of the molecule is CC(C)C(NC(=O)N1CCCC1)c1nnc2n1CCC2. The number of rotatable bonds is 3. The predicted octanol–water partition coefficient (Wildman–Crippen LogP) is 1.73. The average molecular weight is 277 g/mol. The third-order valence-corrected chi connectivity index (χ3v) is 4.26. The highest BCUT2D eigenvalue weighted by Gasteiger charge is 2.29. The van der Waals surface area contributed by atoms with Crippen LogP contribution in [0.25, 0.3) is 0 Å². The number of hydrogen-bond donors (Lipinski definition) is 1. The molecule has 0 saturated carbocycles. The van der Waals surface area contributed by atoms with Gasteiger partial charge in [-0.05, 0) is 25.2 Å². The van der Waals surface area contributed by atoms with Gasteiger partial charge in [-0.25, -0.2) is 4.79 Å². The highest BCUT2D eigenvalue weighted by Crippen LogP contribution is 2.25. The van der Waals surface area contributed by atoms with Crippen molar-refractivity contribution in [3.8, 4) is 0 Å². The normalized spacial score (nSPS) is 19.4. The van der Waals surface area contributed by atoms with Gasteiger partial charge in [0.2, 0.25) is 0 Å². The van der Waals surface area contributed by atoms with Crippen LogP contribution in [0.15, 0.2) is 0 Å². The van der Waals surface area contributed by atoms with Crippen LogP contribution >= 0.6 is 0 Å². The average Bonchev–Trinajstić information content (AvgIpc) is 3.12. The quantitative estimate of drug-likeness (QED) is 0.915. The van der Waals surface area contributed by atoms with Crippen molar-refractivity contribution < 1.29 is 4.79 Å². The molecule has 1 fully saturated rings. The van der Waals surface area contributed by atoms with Crippen LogP contribution in [0.3, 0.4) is 0 Å². The van der Waals surface area contributed by atoms with Crippen LogP contribution < -0.4 is 5.32 Å². The number of likely N-dealkylation sites (tertiary alicyclic amines) is 1. The zero-order valence-electron chi connectivity index (χ0n) is 12.3. The second-order valence-electron chi connectivity index (χ2n) is 6.09. The van der Waals surface area contributed by atoms with Gasteiger partial charge < -0.3 is 14.8 Å². The van der Waals surface area contributed by atoms with E-state index in [1.54, 1.807) is 0 Å². The maximum atomic E-state index is 12.3. The minimum atomic E-state index is -0.0533. The zero-order chi connectivity index (χ0) is 14.1. The number of aromatic nitrogens is 3. The van der Waals surface area contributed by atoms with E-state index >= 15 is 0 Å². The molecule has 1 aromatic heterocycles. The standard InChI is InChI=1S/C14H23N5O/c1-10(2)12(15-14(20)18-7-3-4-8-18)13-17-16-11-6-5-9-19(11)13/h10,12H,3-9H2,1-2H3,(H,15,20). The molecule has 20 heavy (non-hydrogen) atoms. The Morgan fingerprint density at radius 1 is 1.15 bits per heavy atom. The molecule has 1 saturated heterocycles. The molecule has 0 spiro atoms. The van der Waals surface area contributed by atoms with Crippen molar-refractivity contribution in [1.29, 1.82) is 0 Å². The highest BCUT2D eigenvalue weighted by molar-refractivity contribution is 5.74. The summed E-state index contributed by atoms with van der Waals surface area (Å²) >= 11 is 0. The molecule has 0 aliphatic carbocycles. The summed E-state index contributed by atoms with van der Waals surface area (Å²) in [6.07, 6.45) is 4.35. The number of carbonyl (C=O) groups is 1. The molecular formula is C14H23N5O. The fraction of sp³-hybridized carbons (Fsp3) is 0.786. The second-order valence-corrected chi connectivity index (χ2v) is 6.09. The fourth-order valence-electron chi connectivity index (χ4n) is 3.08. The number of hydrogen-bond acceptors (Lipinski definition) is 3. The van der Waals surface area contributed by atoms with E-state index in [1.165, 1.54) is 0 Å². The zero-order valence-corrected chi connectivity index (χ0v) is 12.3. The smallest absolute Gasteiger partial charge is 0.317 e. The lowest BCUT2D eigenvalue weighted by atomic mass is 10.0.